The average Bonchev–Trinajstić information content (AvgIpc) is 3.29. The van der Waals surface area contributed by atoms with Crippen molar-refractivity contribution in [3.63, 3.8) is 0 Å². The Morgan fingerprint density at radius 1 is 0.767 bits per heavy atom. The molecule has 4 rings (SSSR count). The van der Waals surface area contributed by atoms with Crippen LogP contribution in [0.1, 0.15) is 36.1 Å². The first-order chi connectivity index (χ1) is 14.4. The summed E-state index contributed by atoms with van der Waals surface area (Å²) < 4.78 is 0. The van der Waals surface area contributed by atoms with E-state index in [9.17, 15) is 0 Å². The number of fused-ring (bicyclic) bond motifs is 2. The number of rotatable bonds is 2. The minimum atomic E-state index is -0.826. The average molecular weight is 535 g/mol. The predicted molar refractivity (Wildman–Crippen MR) is 136 cm³/mol. The molecule has 4 aromatic carbocycles. The van der Waals surface area contributed by atoms with Gasteiger partial charge < -0.3 is 0 Å². The summed E-state index contributed by atoms with van der Waals surface area (Å²) in [6, 6.07) is 22.1. The normalized spacial score (nSPS) is 9.60. The number of aryl methyl sites for hydroxylation is 4. The van der Waals surface area contributed by atoms with Crippen molar-refractivity contribution in [1.29, 1.82) is 0 Å². The van der Waals surface area contributed by atoms with Crippen molar-refractivity contribution in [3.05, 3.63) is 82.9 Å². The minimum absolute atomic E-state index is 0.826. The SMILES string of the molecule is CCc1cccc2[cH-]c(C)cc12.CCc1cccc2[cH-]c(C)cc12.C[Si]C.[Cl][Zr+2][Cl]. The van der Waals surface area contributed by atoms with E-state index in [0.717, 1.165) is 22.4 Å². The molecule has 30 heavy (non-hydrogen) atoms. The van der Waals surface area contributed by atoms with E-state index in [4.69, 9.17) is 17.0 Å². The molecule has 0 spiro atoms. The Morgan fingerprint density at radius 2 is 1.10 bits per heavy atom. The van der Waals surface area contributed by atoms with Gasteiger partial charge >= 0.3 is 37.9 Å². The second-order valence-electron chi connectivity index (χ2n) is 7.18. The fourth-order valence-electron chi connectivity index (χ4n) is 3.52. The summed E-state index contributed by atoms with van der Waals surface area (Å²) in [6.45, 7) is 13.0. The summed E-state index contributed by atoms with van der Waals surface area (Å²) in [4.78, 5) is 0. The Balaban J connectivity index is 0.000000239. The molecule has 0 N–H and O–H groups in total. The predicted octanol–water partition coefficient (Wildman–Crippen LogP) is 9.02. The summed E-state index contributed by atoms with van der Waals surface area (Å²) in [7, 11) is 11.0. The molecule has 0 bridgehead atoms. The van der Waals surface area contributed by atoms with E-state index in [-0.39, 0.29) is 0 Å². The van der Waals surface area contributed by atoms with Crippen LogP contribution in [0.2, 0.25) is 13.1 Å². The first kappa shape index (κ1) is 27.4. The molecule has 0 aliphatic carbocycles. The molecular weight excluding hydrogens is 503 g/mol. The van der Waals surface area contributed by atoms with Gasteiger partial charge in [0.2, 0.25) is 0 Å². The first-order valence-electron chi connectivity index (χ1n) is 10.3. The molecule has 2 radical (unpaired) electrons. The molecular formula is C26H32Cl2SiZr. The third-order valence-electron chi connectivity index (χ3n) is 4.73. The number of hydrogen-bond donors (Lipinski definition) is 0. The molecule has 0 saturated heterocycles. The first-order valence-corrected chi connectivity index (χ1v) is 18.6. The van der Waals surface area contributed by atoms with Crippen molar-refractivity contribution in [3.8, 4) is 0 Å². The topological polar surface area (TPSA) is 0 Å². The van der Waals surface area contributed by atoms with E-state index in [0.29, 0.717) is 0 Å². The monoisotopic (exact) mass is 532 g/mol. The zero-order chi connectivity index (χ0) is 22.5. The molecule has 4 aromatic rings. The molecule has 0 heterocycles. The van der Waals surface area contributed by atoms with Crippen LogP contribution >= 0.6 is 17.0 Å². The summed E-state index contributed by atoms with van der Waals surface area (Å²) in [5.74, 6) is 0. The van der Waals surface area contributed by atoms with Gasteiger partial charge in [0, 0.05) is 9.52 Å². The van der Waals surface area contributed by atoms with Gasteiger partial charge in [-0.3, -0.25) is 0 Å². The quantitative estimate of drug-likeness (QED) is 0.178. The van der Waals surface area contributed by atoms with Gasteiger partial charge in [-0.1, -0.05) is 64.0 Å². The van der Waals surface area contributed by atoms with Crippen molar-refractivity contribution in [2.75, 3.05) is 0 Å². The van der Waals surface area contributed by atoms with Crippen molar-refractivity contribution >= 4 is 48.1 Å². The van der Waals surface area contributed by atoms with Crippen molar-refractivity contribution in [2.45, 2.75) is 53.6 Å². The second-order valence-corrected chi connectivity index (χ2v) is 11.9. The van der Waals surface area contributed by atoms with E-state index < -0.39 is 20.8 Å². The van der Waals surface area contributed by atoms with Gasteiger partial charge in [0.1, 0.15) is 0 Å². The summed E-state index contributed by atoms with van der Waals surface area (Å²) in [6.07, 6.45) is 2.25. The number of hydrogen-bond acceptors (Lipinski definition) is 0. The second kappa shape index (κ2) is 15.2. The Kier molecular flexibility index (Phi) is 13.9. The Morgan fingerprint density at radius 3 is 1.40 bits per heavy atom. The van der Waals surface area contributed by atoms with Crippen LogP contribution < -0.4 is 0 Å². The van der Waals surface area contributed by atoms with Crippen molar-refractivity contribution in [1.82, 2.24) is 0 Å². The van der Waals surface area contributed by atoms with Crippen LogP contribution in [-0.2, 0) is 33.7 Å². The molecule has 0 atom stereocenters. The molecule has 0 aliphatic heterocycles. The molecule has 0 aromatic heterocycles. The molecule has 0 amide bonds. The Labute approximate surface area is 204 Å². The van der Waals surface area contributed by atoms with Crippen LogP contribution in [0.4, 0.5) is 0 Å². The van der Waals surface area contributed by atoms with E-state index in [2.05, 4.69) is 101 Å². The van der Waals surface area contributed by atoms with Gasteiger partial charge in [-0.2, -0.15) is 12.1 Å². The maximum absolute atomic E-state index is 4.93. The van der Waals surface area contributed by atoms with E-state index in [1.165, 1.54) is 43.8 Å². The number of benzene rings is 2. The van der Waals surface area contributed by atoms with E-state index in [1.54, 1.807) is 0 Å². The van der Waals surface area contributed by atoms with E-state index >= 15 is 0 Å². The van der Waals surface area contributed by atoms with Gasteiger partial charge in [0.05, 0.1) is 0 Å². The fraction of sp³-hybridized carbons (Fsp3) is 0.308. The van der Waals surface area contributed by atoms with Crippen LogP contribution in [0.5, 0.6) is 0 Å². The molecule has 4 heteroatoms. The standard InChI is InChI=1S/2C12H13.C2H6Si.2ClH.Zr/c2*1-3-10-5-4-6-11-7-9(2)8-12(10)11;1-3-2;;;/h2*4-8H,3H2,1-2H3;1-2H3;2*1H;/q2*-1;;;;+4/p-2. The molecule has 0 saturated carbocycles. The van der Waals surface area contributed by atoms with Gasteiger partial charge in [-0.15, -0.1) is 69.1 Å². The third-order valence-corrected chi connectivity index (χ3v) is 4.73. The Hall–Kier alpha value is -0.660. The fourth-order valence-corrected chi connectivity index (χ4v) is 3.52. The molecule has 0 fully saturated rings. The summed E-state index contributed by atoms with van der Waals surface area (Å²) in [5, 5.41) is 5.62. The van der Waals surface area contributed by atoms with Gasteiger partial charge in [-0.25, -0.2) is 0 Å². The molecule has 0 unspecified atom stereocenters. The van der Waals surface area contributed by atoms with Crippen LogP contribution in [0.15, 0.2) is 60.7 Å². The molecule has 0 nitrogen and oxygen atoms in total. The van der Waals surface area contributed by atoms with E-state index in [1.807, 2.05) is 0 Å². The zero-order valence-electron chi connectivity index (χ0n) is 18.9. The van der Waals surface area contributed by atoms with Gasteiger partial charge in [-0.05, 0) is 12.8 Å². The van der Waals surface area contributed by atoms with Gasteiger partial charge in [0.15, 0.2) is 0 Å². The Bertz CT molecular complexity index is 919. The molecule has 158 valence electrons. The van der Waals surface area contributed by atoms with Crippen molar-refractivity contribution < 1.29 is 20.8 Å². The summed E-state index contributed by atoms with van der Waals surface area (Å²) >= 11 is -0.826. The van der Waals surface area contributed by atoms with Crippen LogP contribution in [0.3, 0.4) is 0 Å². The van der Waals surface area contributed by atoms with Crippen LogP contribution in [-0.4, -0.2) is 9.52 Å². The summed E-state index contributed by atoms with van der Waals surface area (Å²) in [5.41, 5.74) is 5.65. The van der Waals surface area contributed by atoms with Gasteiger partial charge in [0.25, 0.3) is 0 Å². The zero-order valence-corrected chi connectivity index (χ0v) is 23.9. The third kappa shape index (κ3) is 8.46. The van der Waals surface area contributed by atoms with Crippen molar-refractivity contribution in [2.24, 2.45) is 0 Å². The number of halogens is 2. The molecule has 0 aliphatic rings. The van der Waals surface area contributed by atoms with Crippen LogP contribution in [0, 0.1) is 13.8 Å². The van der Waals surface area contributed by atoms with Crippen LogP contribution in [0.25, 0.3) is 21.5 Å². The maximum atomic E-state index is 4.93.